The molecule has 0 N–H and O–H groups in total. The first kappa shape index (κ1) is 8.51. The van der Waals surface area contributed by atoms with Gasteiger partial charge in [-0.25, -0.2) is 9.67 Å². The van der Waals surface area contributed by atoms with E-state index in [2.05, 4.69) is 23.9 Å². The van der Waals surface area contributed by atoms with Gasteiger partial charge in [-0.05, 0) is 26.0 Å². The van der Waals surface area contributed by atoms with Gasteiger partial charge in [-0.1, -0.05) is 11.6 Å². The quantitative estimate of drug-likeness (QED) is 0.655. The molecule has 0 aliphatic rings. The van der Waals surface area contributed by atoms with Gasteiger partial charge in [-0.3, -0.25) is 0 Å². The Morgan fingerprint density at radius 3 is 2.85 bits per heavy atom. The lowest BCUT2D eigenvalue weighted by molar-refractivity contribution is 0.546. The second-order valence-corrected chi connectivity index (χ2v) is 3.62. The summed E-state index contributed by atoms with van der Waals surface area (Å²) in [5.41, 5.74) is 0.850. The molecule has 0 fully saturated rings. The van der Waals surface area contributed by atoms with E-state index in [-0.39, 0.29) is 0 Å². The number of hydrogen-bond donors (Lipinski definition) is 0. The van der Waals surface area contributed by atoms with Gasteiger partial charge < -0.3 is 0 Å². The third-order valence-electron chi connectivity index (χ3n) is 1.90. The van der Waals surface area contributed by atoms with Crippen LogP contribution in [0, 0.1) is 0 Å². The zero-order valence-electron chi connectivity index (χ0n) is 7.53. The van der Waals surface area contributed by atoms with Gasteiger partial charge in [-0.2, -0.15) is 5.10 Å². The summed E-state index contributed by atoms with van der Waals surface area (Å²) in [6.45, 7) is 4.13. The summed E-state index contributed by atoms with van der Waals surface area (Å²) in [5.74, 6) is 0. The fourth-order valence-electron chi connectivity index (χ4n) is 1.28. The molecule has 0 aliphatic carbocycles. The highest BCUT2D eigenvalue weighted by molar-refractivity contribution is 6.29. The van der Waals surface area contributed by atoms with E-state index in [0.717, 1.165) is 11.0 Å². The van der Waals surface area contributed by atoms with Crippen molar-refractivity contribution >= 4 is 22.6 Å². The van der Waals surface area contributed by atoms with Crippen LogP contribution >= 0.6 is 11.6 Å². The molecule has 0 bridgehead atoms. The van der Waals surface area contributed by atoms with Crippen LogP contribution in [-0.2, 0) is 0 Å². The number of nitrogens with zero attached hydrogens (tertiary/aromatic N) is 3. The minimum absolute atomic E-state index is 0.309. The molecule has 68 valence electrons. The van der Waals surface area contributed by atoms with Crippen molar-refractivity contribution in [1.29, 1.82) is 0 Å². The highest BCUT2D eigenvalue weighted by Crippen LogP contribution is 2.17. The van der Waals surface area contributed by atoms with Crippen LogP contribution in [0.5, 0.6) is 0 Å². The number of pyridine rings is 1. The molecule has 2 aromatic heterocycles. The molecule has 13 heavy (non-hydrogen) atoms. The zero-order chi connectivity index (χ0) is 9.42. The molecule has 0 unspecified atom stereocenters. The van der Waals surface area contributed by atoms with Crippen molar-refractivity contribution in [3.8, 4) is 0 Å². The van der Waals surface area contributed by atoms with Gasteiger partial charge >= 0.3 is 0 Å². The summed E-state index contributed by atoms with van der Waals surface area (Å²) >= 11 is 5.80. The van der Waals surface area contributed by atoms with Crippen LogP contribution in [0.2, 0.25) is 5.15 Å². The average molecular weight is 196 g/mol. The van der Waals surface area contributed by atoms with E-state index < -0.39 is 0 Å². The summed E-state index contributed by atoms with van der Waals surface area (Å²) in [5, 5.41) is 5.77. The Bertz CT molecular complexity index is 433. The van der Waals surface area contributed by atoms with E-state index in [1.165, 1.54) is 0 Å². The Labute approximate surface area is 81.3 Å². The fraction of sp³-hybridized carbons (Fsp3) is 0.333. The van der Waals surface area contributed by atoms with E-state index >= 15 is 0 Å². The molecule has 2 heterocycles. The first-order valence-corrected chi connectivity index (χ1v) is 4.56. The molecule has 0 aromatic carbocycles. The minimum atomic E-state index is 0.309. The largest absolute Gasteiger partial charge is 0.245 e. The molecule has 0 atom stereocenters. The second kappa shape index (κ2) is 3.00. The van der Waals surface area contributed by atoms with Crippen molar-refractivity contribution in [2.75, 3.05) is 0 Å². The lowest BCUT2D eigenvalue weighted by Gasteiger charge is -2.05. The number of hydrogen-bond acceptors (Lipinski definition) is 2. The number of aromatic nitrogens is 3. The highest BCUT2D eigenvalue weighted by atomic mass is 35.5. The molecule has 0 saturated carbocycles. The van der Waals surface area contributed by atoms with E-state index in [0.29, 0.717) is 11.2 Å². The molecule has 0 spiro atoms. The van der Waals surface area contributed by atoms with Gasteiger partial charge in [0.1, 0.15) is 5.15 Å². The summed E-state index contributed by atoms with van der Waals surface area (Å²) in [4.78, 5) is 4.22. The zero-order valence-corrected chi connectivity index (χ0v) is 8.28. The molecule has 0 saturated heterocycles. The van der Waals surface area contributed by atoms with E-state index in [1.54, 1.807) is 12.3 Å². The molecule has 4 heteroatoms. The lowest BCUT2D eigenvalue weighted by Crippen LogP contribution is -2.03. The smallest absolute Gasteiger partial charge is 0.159 e. The third kappa shape index (κ3) is 1.40. The maximum Gasteiger partial charge on any atom is 0.159 e. The Hall–Kier alpha value is -1.09. The Balaban J connectivity index is 2.71. The molecule has 3 nitrogen and oxygen atoms in total. The van der Waals surface area contributed by atoms with Gasteiger partial charge in [0.05, 0.1) is 6.20 Å². The molecule has 0 amide bonds. The third-order valence-corrected chi connectivity index (χ3v) is 2.11. The fourth-order valence-corrected chi connectivity index (χ4v) is 1.42. The van der Waals surface area contributed by atoms with Crippen molar-refractivity contribution in [1.82, 2.24) is 14.8 Å². The molecule has 0 radical (unpaired) electrons. The molecule has 2 rings (SSSR count). The van der Waals surface area contributed by atoms with Gasteiger partial charge in [0, 0.05) is 11.4 Å². The van der Waals surface area contributed by atoms with Crippen LogP contribution in [0.1, 0.15) is 19.9 Å². The molecular weight excluding hydrogens is 186 g/mol. The van der Waals surface area contributed by atoms with Crippen LogP contribution in [0.15, 0.2) is 18.3 Å². The van der Waals surface area contributed by atoms with Crippen molar-refractivity contribution < 1.29 is 0 Å². The predicted octanol–water partition coefficient (Wildman–Crippen LogP) is 2.67. The van der Waals surface area contributed by atoms with Crippen molar-refractivity contribution in [2.45, 2.75) is 19.9 Å². The first-order valence-electron chi connectivity index (χ1n) is 4.18. The van der Waals surface area contributed by atoms with Crippen molar-refractivity contribution in [3.63, 3.8) is 0 Å². The van der Waals surface area contributed by atoms with Crippen LogP contribution in [-0.4, -0.2) is 14.8 Å². The van der Waals surface area contributed by atoms with Gasteiger partial charge in [0.15, 0.2) is 5.65 Å². The van der Waals surface area contributed by atoms with E-state index in [1.807, 2.05) is 10.7 Å². The SMILES string of the molecule is CC(C)n1ncc2ccc(Cl)nc21. The van der Waals surface area contributed by atoms with Gasteiger partial charge in [0.2, 0.25) is 0 Å². The standard InChI is InChI=1S/C9H10ClN3/c1-6(2)13-9-7(5-11-13)3-4-8(10)12-9/h3-6H,1-2H3. The minimum Gasteiger partial charge on any atom is -0.245 e. The number of rotatable bonds is 1. The summed E-state index contributed by atoms with van der Waals surface area (Å²) < 4.78 is 1.86. The van der Waals surface area contributed by atoms with Gasteiger partial charge in [-0.15, -0.1) is 0 Å². The number of halogens is 1. The van der Waals surface area contributed by atoms with Crippen LogP contribution in [0.3, 0.4) is 0 Å². The maximum absolute atomic E-state index is 5.80. The lowest BCUT2D eigenvalue weighted by atomic mass is 10.3. The summed E-state index contributed by atoms with van der Waals surface area (Å²) in [6.07, 6.45) is 1.80. The predicted molar refractivity (Wildman–Crippen MR) is 52.9 cm³/mol. The number of fused-ring (bicyclic) bond motifs is 1. The van der Waals surface area contributed by atoms with E-state index in [4.69, 9.17) is 11.6 Å². The average Bonchev–Trinajstić information content (AvgIpc) is 2.46. The highest BCUT2D eigenvalue weighted by Gasteiger charge is 2.06. The van der Waals surface area contributed by atoms with Crippen LogP contribution in [0.25, 0.3) is 11.0 Å². The van der Waals surface area contributed by atoms with Gasteiger partial charge in [0.25, 0.3) is 0 Å². The monoisotopic (exact) mass is 195 g/mol. The molecule has 2 aromatic rings. The Kier molecular flexibility index (Phi) is 1.96. The maximum atomic E-state index is 5.80. The normalized spacial score (nSPS) is 11.4. The molecular formula is C9H10ClN3. The van der Waals surface area contributed by atoms with E-state index in [9.17, 15) is 0 Å². The Morgan fingerprint density at radius 2 is 2.15 bits per heavy atom. The first-order chi connectivity index (χ1) is 6.18. The summed E-state index contributed by atoms with van der Waals surface area (Å²) in [7, 11) is 0. The summed E-state index contributed by atoms with van der Waals surface area (Å²) in [6, 6.07) is 4.01. The van der Waals surface area contributed by atoms with Crippen molar-refractivity contribution in [2.24, 2.45) is 0 Å². The van der Waals surface area contributed by atoms with Crippen molar-refractivity contribution in [3.05, 3.63) is 23.5 Å². The second-order valence-electron chi connectivity index (χ2n) is 3.23. The topological polar surface area (TPSA) is 30.7 Å². The van der Waals surface area contributed by atoms with Crippen LogP contribution in [0.4, 0.5) is 0 Å². The van der Waals surface area contributed by atoms with Crippen LogP contribution < -0.4 is 0 Å². The molecule has 0 aliphatic heterocycles. The Morgan fingerprint density at radius 1 is 1.38 bits per heavy atom.